The summed E-state index contributed by atoms with van der Waals surface area (Å²) < 4.78 is 5.55. The summed E-state index contributed by atoms with van der Waals surface area (Å²) >= 11 is 0. The first kappa shape index (κ1) is 26.0. The molecule has 4 aromatic rings. The van der Waals surface area contributed by atoms with Crippen LogP contribution in [0.2, 0.25) is 0 Å². The van der Waals surface area contributed by atoms with Crippen LogP contribution in [0.3, 0.4) is 0 Å². The van der Waals surface area contributed by atoms with E-state index >= 15 is 0 Å². The van der Waals surface area contributed by atoms with Crippen LogP contribution in [0.5, 0.6) is 0 Å². The number of likely N-dealkylation sites (N-methyl/N-ethyl adjacent to an activating group) is 1. The number of pyridine rings is 1. The van der Waals surface area contributed by atoms with E-state index in [1.54, 1.807) is 12.4 Å². The second-order valence-electron chi connectivity index (χ2n) is 10.1. The Balaban J connectivity index is 1.29. The molecule has 1 aromatic carbocycles. The molecule has 2 saturated heterocycles. The number of hydrogen-bond acceptors (Lipinski definition) is 11. The van der Waals surface area contributed by atoms with Gasteiger partial charge >= 0.3 is 0 Å². The summed E-state index contributed by atoms with van der Waals surface area (Å²) in [6.07, 6.45) is 5.07. The van der Waals surface area contributed by atoms with Crippen LogP contribution in [0.1, 0.15) is 0 Å². The van der Waals surface area contributed by atoms with Crippen LogP contribution < -0.4 is 16.0 Å². The van der Waals surface area contributed by atoms with Gasteiger partial charge in [-0.3, -0.25) is 14.7 Å². The Morgan fingerprint density at radius 2 is 1.68 bits per heavy atom. The van der Waals surface area contributed by atoms with Crippen molar-refractivity contribution >= 4 is 34.4 Å². The fourth-order valence-electron chi connectivity index (χ4n) is 4.93. The number of benzene rings is 1. The van der Waals surface area contributed by atoms with Gasteiger partial charge < -0.3 is 25.6 Å². The number of amides is 1. The smallest absolute Gasteiger partial charge is 0.238 e. The molecule has 0 saturated carbocycles. The highest BCUT2D eigenvalue weighted by molar-refractivity contribution is 5.94. The first-order chi connectivity index (χ1) is 19.5. The van der Waals surface area contributed by atoms with Gasteiger partial charge in [0.2, 0.25) is 11.9 Å². The number of morpholine rings is 1. The number of aromatic nitrogens is 5. The lowest BCUT2D eigenvalue weighted by molar-refractivity contribution is -0.117. The Morgan fingerprint density at radius 1 is 0.925 bits per heavy atom. The minimum absolute atomic E-state index is 0.0170. The number of nitrogens with one attached hydrogen (secondary N) is 1. The maximum absolute atomic E-state index is 12.7. The van der Waals surface area contributed by atoms with E-state index in [2.05, 4.69) is 37.0 Å². The maximum Gasteiger partial charge on any atom is 0.238 e. The average Bonchev–Trinajstić information content (AvgIpc) is 2.98. The monoisotopic (exact) mass is 540 g/mol. The molecule has 3 aromatic heterocycles. The minimum Gasteiger partial charge on any atom is -0.378 e. The standard InChI is InChI=1S/C28H32N10O2/c1-36-5-7-37(8-6-36)18-24(39)33-22-4-2-3-19(13-22)20-14-23-25(30-15-20)27(38-9-11-40-12-10-38)35-26(34-23)21-16-31-28(29)32-17-21/h2-4,13-17H,5-12,18H2,1H3,(H,33,39)(H2,29,31,32). The van der Waals surface area contributed by atoms with Gasteiger partial charge in [0.1, 0.15) is 5.52 Å². The molecule has 40 heavy (non-hydrogen) atoms. The molecule has 2 aliphatic heterocycles. The summed E-state index contributed by atoms with van der Waals surface area (Å²) in [5.41, 5.74) is 10.3. The molecule has 5 heterocycles. The lowest BCUT2D eigenvalue weighted by atomic mass is 10.1. The van der Waals surface area contributed by atoms with E-state index < -0.39 is 0 Å². The Morgan fingerprint density at radius 3 is 2.45 bits per heavy atom. The molecule has 0 bridgehead atoms. The van der Waals surface area contributed by atoms with Gasteiger partial charge in [-0.15, -0.1) is 0 Å². The molecule has 2 fully saturated rings. The summed E-state index contributed by atoms with van der Waals surface area (Å²) in [6, 6.07) is 9.79. The molecule has 1 amide bonds. The van der Waals surface area contributed by atoms with Crippen LogP contribution in [0.4, 0.5) is 17.5 Å². The molecule has 12 nitrogen and oxygen atoms in total. The lowest BCUT2D eigenvalue weighted by Crippen LogP contribution is -2.47. The third-order valence-electron chi connectivity index (χ3n) is 7.20. The molecule has 0 radical (unpaired) electrons. The van der Waals surface area contributed by atoms with Crippen molar-refractivity contribution in [3.8, 4) is 22.5 Å². The zero-order valence-electron chi connectivity index (χ0n) is 22.5. The highest BCUT2D eigenvalue weighted by Gasteiger charge is 2.20. The summed E-state index contributed by atoms with van der Waals surface area (Å²) in [4.78, 5) is 42.1. The van der Waals surface area contributed by atoms with E-state index in [4.69, 9.17) is 25.4 Å². The van der Waals surface area contributed by atoms with Crippen molar-refractivity contribution in [2.75, 3.05) is 82.0 Å². The molecule has 2 aliphatic rings. The number of nitrogens with zero attached hydrogens (tertiary/aromatic N) is 8. The van der Waals surface area contributed by atoms with E-state index in [0.717, 1.165) is 48.8 Å². The topological polar surface area (TPSA) is 139 Å². The van der Waals surface area contributed by atoms with Gasteiger partial charge in [0.25, 0.3) is 0 Å². The number of piperazine rings is 1. The second-order valence-corrected chi connectivity index (χ2v) is 10.1. The normalized spacial score (nSPS) is 16.8. The minimum atomic E-state index is -0.0170. The Kier molecular flexibility index (Phi) is 7.45. The molecule has 206 valence electrons. The number of rotatable bonds is 6. The van der Waals surface area contributed by atoms with Gasteiger partial charge in [-0.2, -0.15) is 0 Å². The number of fused-ring (bicyclic) bond motifs is 1. The predicted octanol–water partition coefficient (Wildman–Crippen LogP) is 1.75. The van der Waals surface area contributed by atoms with Gasteiger partial charge in [-0.25, -0.2) is 19.9 Å². The fourth-order valence-corrected chi connectivity index (χ4v) is 4.93. The van der Waals surface area contributed by atoms with Crippen LogP contribution in [0, 0.1) is 0 Å². The molecule has 0 unspecified atom stereocenters. The van der Waals surface area contributed by atoms with Gasteiger partial charge in [-0.1, -0.05) is 12.1 Å². The number of nitrogens with two attached hydrogens (primary N) is 1. The van der Waals surface area contributed by atoms with Crippen LogP contribution in [0.15, 0.2) is 48.9 Å². The van der Waals surface area contributed by atoms with E-state index in [0.29, 0.717) is 55.3 Å². The Bertz CT molecular complexity index is 1500. The van der Waals surface area contributed by atoms with Crippen LogP contribution >= 0.6 is 0 Å². The van der Waals surface area contributed by atoms with Crippen molar-refractivity contribution in [2.45, 2.75) is 0 Å². The van der Waals surface area contributed by atoms with Crippen molar-refractivity contribution in [3.63, 3.8) is 0 Å². The van der Waals surface area contributed by atoms with Crippen molar-refractivity contribution in [1.29, 1.82) is 0 Å². The zero-order chi connectivity index (χ0) is 27.5. The summed E-state index contributed by atoms with van der Waals surface area (Å²) in [6.45, 7) is 6.79. The van der Waals surface area contributed by atoms with Crippen LogP contribution in [-0.2, 0) is 9.53 Å². The molecule has 3 N–H and O–H groups in total. The Labute approximate surface area is 232 Å². The summed E-state index contributed by atoms with van der Waals surface area (Å²) in [5, 5.41) is 3.05. The highest BCUT2D eigenvalue weighted by Crippen LogP contribution is 2.30. The summed E-state index contributed by atoms with van der Waals surface area (Å²) in [5.74, 6) is 1.42. The van der Waals surface area contributed by atoms with E-state index in [1.165, 1.54) is 0 Å². The number of nitrogen functional groups attached to an aromatic ring is 1. The first-order valence-electron chi connectivity index (χ1n) is 13.4. The number of ether oxygens (including phenoxy) is 1. The highest BCUT2D eigenvalue weighted by atomic mass is 16.5. The van der Waals surface area contributed by atoms with Gasteiger partial charge in [0.15, 0.2) is 11.6 Å². The zero-order valence-corrected chi connectivity index (χ0v) is 22.5. The van der Waals surface area contributed by atoms with Gasteiger partial charge in [0, 0.05) is 69.1 Å². The van der Waals surface area contributed by atoms with E-state index in [-0.39, 0.29) is 11.9 Å². The molecule has 0 aliphatic carbocycles. The SMILES string of the molecule is CN1CCN(CC(=O)Nc2cccc(-c3cnc4c(N5CCOCC5)nc(-c5cnc(N)nc5)nc4c3)c2)CC1. The fraction of sp³-hybridized carbons (Fsp3) is 0.357. The van der Waals surface area contributed by atoms with Crippen molar-refractivity contribution in [2.24, 2.45) is 0 Å². The molecule has 0 atom stereocenters. The lowest BCUT2D eigenvalue weighted by Gasteiger charge is -2.31. The van der Waals surface area contributed by atoms with Crippen molar-refractivity contribution in [3.05, 3.63) is 48.9 Å². The number of hydrogen-bond donors (Lipinski definition) is 2. The Hall–Kier alpha value is -4.26. The van der Waals surface area contributed by atoms with E-state index in [1.807, 2.05) is 36.5 Å². The second kappa shape index (κ2) is 11.5. The van der Waals surface area contributed by atoms with Crippen molar-refractivity contribution in [1.82, 2.24) is 34.7 Å². The van der Waals surface area contributed by atoms with E-state index in [9.17, 15) is 4.79 Å². The molecular formula is C28H32N10O2. The van der Waals surface area contributed by atoms with Crippen LogP contribution in [-0.4, -0.2) is 107 Å². The number of anilines is 3. The molecular weight excluding hydrogens is 508 g/mol. The van der Waals surface area contributed by atoms with Gasteiger partial charge in [0.05, 0.1) is 30.8 Å². The van der Waals surface area contributed by atoms with Crippen molar-refractivity contribution < 1.29 is 9.53 Å². The number of carbonyl (C=O) groups is 1. The third-order valence-corrected chi connectivity index (χ3v) is 7.20. The summed E-state index contributed by atoms with van der Waals surface area (Å²) in [7, 11) is 2.10. The third kappa shape index (κ3) is 5.83. The quantitative estimate of drug-likeness (QED) is 0.370. The van der Waals surface area contributed by atoms with Crippen LogP contribution in [0.25, 0.3) is 33.5 Å². The predicted molar refractivity (Wildman–Crippen MR) is 154 cm³/mol. The first-order valence-corrected chi connectivity index (χ1v) is 13.4. The maximum atomic E-state index is 12.7. The molecule has 12 heteroatoms. The average molecular weight is 541 g/mol. The molecule has 6 rings (SSSR count). The molecule has 0 spiro atoms. The van der Waals surface area contributed by atoms with Gasteiger partial charge in [-0.05, 0) is 30.8 Å². The largest absolute Gasteiger partial charge is 0.378 e. The number of carbonyl (C=O) groups excluding carboxylic acids is 1.